The third kappa shape index (κ3) is 4.12. The Bertz CT molecular complexity index is 132. The van der Waals surface area contributed by atoms with E-state index < -0.39 is 6.69 Å². The molecule has 0 N–H and O–H groups in total. The van der Waals surface area contributed by atoms with Crippen LogP contribution in [0.15, 0.2) is 0 Å². The average molecular weight is 229 g/mol. The molecule has 0 rings (SSSR count). The van der Waals surface area contributed by atoms with E-state index in [0.717, 1.165) is 19.1 Å². The second-order valence-corrected chi connectivity index (χ2v) is 11.9. The minimum Gasteiger partial charge on any atom is -0.385 e. The lowest BCUT2D eigenvalue weighted by Gasteiger charge is -2.31. The van der Waals surface area contributed by atoms with E-state index in [1.807, 2.05) is 0 Å². The maximum atomic E-state index is 6.30. The van der Waals surface area contributed by atoms with Gasteiger partial charge in [0.25, 0.3) is 6.69 Å². The topological polar surface area (TPSA) is 9.23 Å². The van der Waals surface area contributed by atoms with Crippen molar-refractivity contribution in [2.75, 3.05) is 13.7 Å². The van der Waals surface area contributed by atoms with Gasteiger partial charge in [-0.15, -0.1) is 22.2 Å². The maximum Gasteiger partial charge on any atom is 0.256 e. The van der Waals surface area contributed by atoms with Crippen molar-refractivity contribution in [2.45, 2.75) is 38.3 Å². The predicted octanol–water partition coefficient (Wildman–Crippen LogP) is 3.74. The summed E-state index contributed by atoms with van der Waals surface area (Å²) in [4.78, 5) is 0. The van der Waals surface area contributed by atoms with E-state index in [9.17, 15) is 0 Å². The van der Waals surface area contributed by atoms with E-state index >= 15 is 0 Å². The molecule has 1 nitrogen and oxygen atoms in total. The van der Waals surface area contributed by atoms with Gasteiger partial charge in [0.15, 0.2) is 0 Å². The largest absolute Gasteiger partial charge is 0.385 e. The lowest BCUT2D eigenvalue weighted by molar-refractivity contribution is 0.199. The highest BCUT2D eigenvalue weighted by molar-refractivity contribution is 7.46. The van der Waals surface area contributed by atoms with Crippen molar-refractivity contribution in [3.8, 4) is 0 Å². The van der Waals surface area contributed by atoms with Gasteiger partial charge in [0.05, 0.1) is 0 Å². The number of methoxy groups -OCH3 is 1. The fraction of sp³-hybridized carbons (Fsp3) is 1.00. The molecule has 12 heavy (non-hydrogen) atoms. The zero-order chi connectivity index (χ0) is 9.83. The fourth-order valence-corrected chi connectivity index (χ4v) is 2.95. The first-order valence-corrected chi connectivity index (χ1v) is 8.41. The van der Waals surface area contributed by atoms with Crippen molar-refractivity contribution < 1.29 is 4.74 Å². The van der Waals surface area contributed by atoms with E-state index in [1.54, 1.807) is 7.11 Å². The van der Waals surface area contributed by atoms with Crippen molar-refractivity contribution in [2.24, 2.45) is 0 Å². The van der Waals surface area contributed by atoms with Gasteiger partial charge in [-0.1, -0.05) is 20.8 Å². The number of rotatable bonds is 4. The summed E-state index contributed by atoms with van der Waals surface area (Å²) < 4.78 is 4.95. The Hall–Kier alpha value is 0.757. The van der Waals surface area contributed by atoms with Crippen LogP contribution in [0.25, 0.3) is 0 Å². The van der Waals surface area contributed by atoms with Crippen LogP contribution in [0.3, 0.4) is 0 Å². The van der Waals surface area contributed by atoms with Crippen LogP contribution in [0, 0.1) is 0 Å². The molecule has 0 aliphatic rings. The number of hydrogen-bond donors (Lipinski definition) is 0. The predicted molar refractivity (Wildman–Crippen MR) is 58.5 cm³/mol. The van der Waals surface area contributed by atoms with E-state index in [2.05, 4.69) is 20.8 Å². The summed E-state index contributed by atoms with van der Waals surface area (Å²) in [5, 5.41) is 0.0594. The number of hydrogen-bond acceptors (Lipinski definition) is 1. The molecule has 0 aliphatic heterocycles. The van der Waals surface area contributed by atoms with Crippen LogP contribution < -0.4 is 0 Å². The van der Waals surface area contributed by atoms with Crippen molar-refractivity contribution in [1.29, 1.82) is 0 Å². The smallest absolute Gasteiger partial charge is 0.256 e. The van der Waals surface area contributed by atoms with Gasteiger partial charge < -0.3 is 4.74 Å². The highest BCUT2D eigenvalue weighted by atomic mass is 35.7. The van der Waals surface area contributed by atoms with Crippen LogP contribution in [-0.4, -0.2) is 20.4 Å². The molecule has 0 heterocycles. The van der Waals surface area contributed by atoms with Gasteiger partial charge in [-0.05, 0) is 17.5 Å². The molecule has 0 spiro atoms. The van der Waals surface area contributed by atoms with Crippen LogP contribution in [0.5, 0.6) is 0 Å². The highest BCUT2D eigenvalue weighted by Gasteiger charge is 2.41. The first-order valence-electron chi connectivity index (χ1n) is 4.18. The SMILES string of the molecule is COCCC[Si](Cl)(Cl)C(C)(C)C. The standard InChI is InChI=1S/C8H18Cl2OSi/c1-8(2,3)12(9,10)7-5-6-11-4/h5-7H2,1-4H3. The second-order valence-electron chi connectivity index (χ2n) is 4.05. The Morgan fingerprint density at radius 2 is 1.75 bits per heavy atom. The summed E-state index contributed by atoms with van der Waals surface area (Å²) in [6.07, 6.45) is 0.965. The minimum atomic E-state index is -2.08. The summed E-state index contributed by atoms with van der Waals surface area (Å²) in [5.74, 6) is 0. The minimum absolute atomic E-state index is 0.0594. The van der Waals surface area contributed by atoms with Crippen molar-refractivity contribution in [3.05, 3.63) is 0 Å². The van der Waals surface area contributed by atoms with E-state index in [1.165, 1.54) is 0 Å². The molecule has 0 fully saturated rings. The Kier molecular flexibility index (Phi) is 5.15. The van der Waals surface area contributed by atoms with Crippen molar-refractivity contribution >= 4 is 28.9 Å². The molecular formula is C8H18Cl2OSi. The zero-order valence-corrected chi connectivity index (χ0v) is 10.8. The summed E-state index contributed by atoms with van der Waals surface area (Å²) in [7, 11) is 1.70. The normalized spacial score (nSPS) is 13.5. The Balaban J connectivity index is 3.88. The van der Waals surface area contributed by atoms with Gasteiger partial charge >= 0.3 is 0 Å². The Morgan fingerprint density at radius 3 is 2.08 bits per heavy atom. The first-order chi connectivity index (χ1) is 5.31. The molecule has 0 atom stereocenters. The average Bonchev–Trinajstić information content (AvgIpc) is 1.85. The molecule has 4 heteroatoms. The lowest BCUT2D eigenvalue weighted by Crippen LogP contribution is -2.31. The molecule has 0 saturated heterocycles. The van der Waals surface area contributed by atoms with Crippen molar-refractivity contribution in [3.63, 3.8) is 0 Å². The molecule has 0 bridgehead atoms. The van der Waals surface area contributed by atoms with Gasteiger partial charge in [0.2, 0.25) is 0 Å². The molecule has 0 aromatic carbocycles. The number of halogens is 2. The Morgan fingerprint density at radius 1 is 1.25 bits per heavy atom. The Labute approximate surface area is 85.8 Å². The molecule has 74 valence electrons. The maximum absolute atomic E-state index is 6.30. The van der Waals surface area contributed by atoms with Gasteiger partial charge in [-0.3, -0.25) is 0 Å². The molecule has 0 unspecified atom stereocenters. The second kappa shape index (κ2) is 4.84. The first kappa shape index (κ1) is 12.8. The van der Waals surface area contributed by atoms with E-state index in [0.29, 0.717) is 0 Å². The van der Waals surface area contributed by atoms with Gasteiger partial charge in [0.1, 0.15) is 0 Å². The monoisotopic (exact) mass is 228 g/mol. The molecule has 0 aromatic heterocycles. The summed E-state index contributed by atoms with van der Waals surface area (Å²) >= 11 is 12.6. The highest BCUT2D eigenvalue weighted by Crippen LogP contribution is 2.45. The quantitative estimate of drug-likeness (QED) is 0.405. The lowest BCUT2D eigenvalue weighted by atomic mass is 10.2. The molecule has 0 amide bonds. The third-order valence-corrected chi connectivity index (χ3v) is 9.65. The van der Waals surface area contributed by atoms with Crippen LogP contribution in [0.1, 0.15) is 27.2 Å². The molecular weight excluding hydrogens is 211 g/mol. The molecule has 0 radical (unpaired) electrons. The van der Waals surface area contributed by atoms with Gasteiger partial charge in [0, 0.05) is 13.7 Å². The van der Waals surface area contributed by atoms with Gasteiger partial charge in [-0.25, -0.2) is 0 Å². The molecule has 0 aromatic rings. The fourth-order valence-electron chi connectivity index (χ4n) is 0.814. The summed E-state index contributed by atoms with van der Waals surface area (Å²) in [5.41, 5.74) is 0. The summed E-state index contributed by atoms with van der Waals surface area (Å²) in [6, 6.07) is 0.910. The van der Waals surface area contributed by atoms with E-state index in [-0.39, 0.29) is 5.04 Å². The van der Waals surface area contributed by atoms with Crippen LogP contribution >= 0.6 is 22.2 Å². The molecule has 0 saturated carbocycles. The summed E-state index contributed by atoms with van der Waals surface area (Å²) in [6.45, 7) is 4.99. The van der Waals surface area contributed by atoms with Crippen LogP contribution in [-0.2, 0) is 4.74 Å². The van der Waals surface area contributed by atoms with Crippen LogP contribution in [0.4, 0.5) is 0 Å². The van der Waals surface area contributed by atoms with Crippen molar-refractivity contribution in [1.82, 2.24) is 0 Å². The number of ether oxygens (including phenoxy) is 1. The van der Waals surface area contributed by atoms with E-state index in [4.69, 9.17) is 26.9 Å². The zero-order valence-electron chi connectivity index (χ0n) is 8.29. The molecule has 0 aliphatic carbocycles. The van der Waals surface area contributed by atoms with Gasteiger partial charge in [-0.2, -0.15) is 0 Å². The third-order valence-electron chi connectivity index (χ3n) is 1.94. The van der Waals surface area contributed by atoms with Crippen LogP contribution in [0.2, 0.25) is 11.1 Å².